The number of ether oxygens (including phenoxy) is 3. The van der Waals surface area contributed by atoms with Crippen LogP contribution in [0.2, 0.25) is 0 Å². The summed E-state index contributed by atoms with van der Waals surface area (Å²) in [6, 6.07) is 25.9. The third-order valence-electron chi connectivity index (χ3n) is 8.35. The van der Waals surface area contributed by atoms with E-state index in [-0.39, 0.29) is 23.0 Å². The maximum atomic E-state index is 14.7. The number of hydrogen-bond acceptors (Lipinski definition) is 7. The first-order valence-electron chi connectivity index (χ1n) is 17.9. The average Bonchev–Trinajstić information content (AvgIpc) is 3.13. The van der Waals surface area contributed by atoms with Crippen LogP contribution >= 0.6 is 0 Å². The smallest absolute Gasteiger partial charge is 0.343 e. The summed E-state index contributed by atoms with van der Waals surface area (Å²) in [5.41, 5.74) is 3.63. The van der Waals surface area contributed by atoms with Crippen molar-refractivity contribution in [3.8, 4) is 22.6 Å². The number of rotatable bonds is 20. The summed E-state index contributed by atoms with van der Waals surface area (Å²) in [4.78, 5) is 25.1. The van der Waals surface area contributed by atoms with E-state index in [1.807, 2.05) is 43.3 Å². The van der Waals surface area contributed by atoms with Crippen molar-refractivity contribution in [2.75, 3.05) is 6.61 Å². The standard InChI is InChI=1S/C42H49FN2O5/c1-4-6-8-10-11-13-29-48-38-26-19-33(20-27-38)32-15-22-36(23-16-32)44-45-37-24-17-34(18-25-37)41(46)50-40-28-21-35(30-39(40)43)42(47)49-31(3)14-12-9-7-5-2/h15-28,30-31H,4-14,29H2,1-3H3/t31-/m0/s1. The predicted molar refractivity (Wildman–Crippen MR) is 196 cm³/mol. The van der Waals surface area contributed by atoms with Gasteiger partial charge in [0.05, 0.1) is 35.2 Å². The van der Waals surface area contributed by atoms with E-state index in [4.69, 9.17) is 14.2 Å². The molecule has 0 aliphatic rings. The molecule has 4 aromatic rings. The minimum Gasteiger partial charge on any atom is -0.494 e. The second-order valence-electron chi connectivity index (χ2n) is 12.5. The topological polar surface area (TPSA) is 86.5 Å². The Hall–Kier alpha value is -4.85. The molecular weight excluding hydrogens is 631 g/mol. The zero-order valence-corrected chi connectivity index (χ0v) is 29.5. The number of benzene rings is 4. The molecule has 0 radical (unpaired) electrons. The van der Waals surface area contributed by atoms with Crippen LogP contribution < -0.4 is 9.47 Å². The summed E-state index contributed by atoms with van der Waals surface area (Å²) < 4.78 is 31.3. The van der Waals surface area contributed by atoms with Gasteiger partial charge in [-0.15, -0.1) is 0 Å². The molecule has 0 N–H and O–H groups in total. The fraction of sp³-hybridized carbons (Fsp3) is 0.381. The molecular formula is C42H49FN2O5. The van der Waals surface area contributed by atoms with Crippen LogP contribution in [0.5, 0.6) is 11.5 Å². The van der Waals surface area contributed by atoms with Gasteiger partial charge in [-0.2, -0.15) is 10.2 Å². The highest BCUT2D eigenvalue weighted by atomic mass is 19.1. The molecule has 4 aromatic carbocycles. The predicted octanol–water partition coefficient (Wildman–Crippen LogP) is 12.4. The average molecular weight is 681 g/mol. The molecule has 0 bridgehead atoms. The van der Waals surface area contributed by atoms with Gasteiger partial charge in [-0.25, -0.2) is 14.0 Å². The van der Waals surface area contributed by atoms with E-state index < -0.39 is 17.8 Å². The third-order valence-corrected chi connectivity index (χ3v) is 8.35. The Labute approximate surface area is 295 Å². The first-order valence-corrected chi connectivity index (χ1v) is 17.9. The Morgan fingerprint density at radius 1 is 0.640 bits per heavy atom. The summed E-state index contributed by atoms with van der Waals surface area (Å²) in [5.74, 6) is -1.58. The van der Waals surface area contributed by atoms with E-state index in [2.05, 4.69) is 36.2 Å². The molecule has 1 atom stereocenters. The summed E-state index contributed by atoms with van der Waals surface area (Å²) >= 11 is 0. The summed E-state index contributed by atoms with van der Waals surface area (Å²) in [5, 5.41) is 8.58. The van der Waals surface area contributed by atoms with Crippen molar-refractivity contribution < 1.29 is 28.2 Å². The van der Waals surface area contributed by atoms with Crippen LogP contribution in [0, 0.1) is 5.82 Å². The van der Waals surface area contributed by atoms with Crippen LogP contribution in [0.3, 0.4) is 0 Å². The molecule has 0 aliphatic heterocycles. The van der Waals surface area contributed by atoms with Crippen LogP contribution in [0.25, 0.3) is 11.1 Å². The van der Waals surface area contributed by atoms with Crippen LogP contribution in [-0.2, 0) is 4.74 Å². The second kappa shape index (κ2) is 20.6. The van der Waals surface area contributed by atoms with Crippen molar-refractivity contribution in [3.05, 3.63) is 108 Å². The van der Waals surface area contributed by atoms with Crippen molar-refractivity contribution in [2.24, 2.45) is 10.2 Å². The van der Waals surface area contributed by atoms with Gasteiger partial charge in [0.2, 0.25) is 0 Å². The van der Waals surface area contributed by atoms with Crippen LogP contribution in [0.15, 0.2) is 101 Å². The molecule has 7 nitrogen and oxygen atoms in total. The van der Waals surface area contributed by atoms with Crippen molar-refractivity contribution in [1.82, 2.24) is 0 Å². The maximum absolute atomic E-state index is 14.7. The number of unbranched alkanes of at least 4 members (excludes halogenated alkanes) is 8. The Balaban J connectivity index is 1.23. The molecule has 50 heavy (non-hydrogen) atoms. The molecule has 0 amide bonds. The zero-order chi connectivity index (χ0) is 35.6. The quantitative estimate of drug-likeness (QED) is 0.0401. The fourth-order valence-electron chi connectivity index (χ4n) is 5.35. The highest BCUT2D eigenvalue weighted by Gasteiger charge is 2.17. The van der Waals surface area contributed by atoms with Gasteiger partial charge in [-0.05, 0) is 104 Å². The van der Waals surface area contributed by atoms with Crippen LogP contribution in [0.1, 0.15) is 112 Å². The molecule has 4 rings (SSSR count). The van der Waals surface area contributed by atoms with Gasteiger partial charge in [0.25, 0.3) is 0 Å². The van der Waals surface area contributed by atoms with E-state index >= 15 is 0 Å². The number of azo groups is 1. The van der Waals surface area contributed by atoms with Gasteiger partial charge in [-0.1, -0.05) is 89.5 Å². The fourth-order valence-corrected chi connectivity index (χ4v) is 5.35. The van der Waals surface area contributed by atoms with Gasteiger partial charge in [0.15, 0.2) is 11.6 Å². The lowest BCUT2D eigenvalue weighted by Crippen LogP contribution is -2.15. The monoisotopic (exact) mass is 680 g/mol. The number of carbonyl (C=O) groups excluding carboxylic acids is 2. The molecule has 0 fully saturated rings. The third kappa shape index (κ3) is 12.6. The number of esters is 2. The lowest BCUT2D eigenvalue weighted by molar-refractivity contribution is 0.0318. The Kier molecular flexibility index (Phi) is 15.6. The van der Waals surface area contributed by atoms with E-state index in [1.54, 1.807) is 12.1 Å². The van der Waals surface area contributed by atoms with E-state index in [9.17, 15) is 14.0 Å². The minimum absolute atomic E-state index is 0.0603. The molecule has 0 aromatic heterocycles. The molecule has 0 saturated carbocycles. The normalized spacial score (nSPS) is 11.8. The number of carbonyl (C=O) groups is 2. The number of hydrogen-bond donors (Lipinski definition) is 0. The van der Waals surface area contributed by atoms with E-state index in [0.717, 1.165) is 68.1 Å². The molecule has 8 heteroatoms. The molecule has 0 aliphatic carbocycles. The highest BCUT2D eigenvalue weighted by molar-refractivity contribution is 5.92. The van der Waals surface area contributed by atoms with Crippen molar-refractivity contribution in [3.63, 3.8) is 0 Å². The minimum atomic E-state index is -0.829. The van der Waals surface area contributed by atoms with Gasteiger partial charge in [-0.3, -0.25) is 0 Å². The van der Waals surface area contributed by atoms with Gasteiger partial charge < -0.3 is 14.2 Å². The molecule has 0 heterocycles. The lowest BCUT2D eigenvalue weighted by atomic mass is 10.1. The summed E-state index contributed by atoms with van der Waals surface area (Å²) in [7, 11) is 0. The molecule has 264 valence electrons. The lowest BCUT2D eigenvalue weighted by Gasteiger charge is -2.13. The second-order valence-corrected chi connectivity index (χ2v) is 12.5. The zero-order valence-electron chi connectivity index (χ0n) is 29.5. The summed E-state index contributed by atoms with van der Waals surface area (Å²) in [6.07, 6.45) is 12.2. The molecule has 0 unspecified atom stereocenters. The maximum Gasteiger partial charge on any atom is 0.343 e. The first-order chi connectivity index (χ1) is 24.4. The van der Waals surface area contributed by atoms with Crippen molar-refractivity contribution >= 4 is 23.3 Å². The van der Waals surface area contributed by atoms with Crippen LogP contribution in [-0.4, -0.2) is 24.6 Å². The van der Waals surface area contributed by atoms with E-state index in [1.165, 1.54) is 56.4 Å². The van der Waals surface area contributed by atoms with Crippen molar-refractivity contribution in [1.29, 1.82) is 0 Å². The summed E-state index contributed by atoms with van der Waals surface area (Å²) in [6.45, 7) is 6.94. The number of nitrogens with zero attached hydrogens (tertiary/aromatic N) is 2. The Bertz CT molecular complexity index is 1650. The first kappa shape index (κ1) is 38.0. The highest BCUT2D eigenvalue weighted by Crippen LogP contribution is 2.27. The largest absolute Gasteiger partial charge is 0.494 e. The van der Waals surface area contributed by atoms with E-state index in [0.29, 0.717) is 11.4 Å². The SMILES string of the molecule is CCCCCCCCOc1ccc(-c2ccc(N=Nc3ccc(C(=O)Oc4ccc(C(=O)O[C@@H](C)CCCCCC)cc4F)cc3)cc2)cc1. The molecule has 0 saturated heterocycles. The Morgan fingerprint density at radius 2 is 1.18 bits per heavy atom. The van der Waals surface area contributed by atoms with Crippen molar-refractivity contribution in [2.45, 2.75) is 97.5 Å². The molecule has 0 spiro atoms. The Morgan fingerprint density at radius 3 is 1.80 bits per heavy atom. The van der Waals surface area contributed by atoms with Gasteiger partial charge in [0.1, 0.15) is 5.75 Å². The van der Waals surface area contributed by atoms with Crippen LogP contribution in [0.4, 0.5) is 15.8 Å². The number of halogens is 1. The van der Waals surface area contributed by atoms with Gasteiger partial charge >= 0.3 is 11.9 Å². The van der Waals surface area contributed by atoms with Gasteiger partial charge in [0, 0.05) is 0 Å².